The van der Waals surface area contributed by atoms with Gasteiger partial charge in [0.15, 0.2) is 0 Å². The zero-order chi connectivity index (χ0) is 13.4. The van der Waals surface area contributed by atoms with E-state index in [1.165, 1.54) is 0 Å². The summed E-state index contributed by atoms with van der Waals surface area (Å²) >= 11 is 0. The van der Waals surface area contributed by atoms with E-state index >= 15 is 0 Å². The lowest BCUT2D eigenvalue weighted by Crippen LogP contribution is -2.34. The summed E-state index contributed by atoms with van der Waals surface area (Å²) in [7, 11) is 0. The molecule has 0 radical (unpaired) electrons. The Kier molecular flexibility index (Phi) is 6.51. The van der Waals surface area contributed by atoms with Crippen LogP contribution in [-0.2, 0) is 0 Å². The number of para-hydroxylation sites is 1. The third kappa shape index (κ3) is 4.92. The summed E-state index contributed by atoms with van der Waals surface area (Å²) in [6.45, 7) is 9.37. The summed E-state index contributed by atoms with van der Waals surface area (Å²) in [5.41, 5.74) is 1.13. The Morgan fingerprint density at radius 3 is 2.67 bits per heavy atom. The molecule has 18 heavy (non-hydrogen) atoms. The molecular weight excluding hydrogens is 222 g/mol. The second-order valence-corrected chi connectivity index (χ2v) is 4.68. The van der Waals surface area contributed by atoms with Crippen LogP contribution in [0.1, 0.15) is 39.7 Å². The molecule has 2 nitrogen and oxygen atoms in total. The Morgan fingerprint density at radius 2 is 2.00 bits per heavy atom. The van der Waals surface area contributed by atoms with Crippen LogP contribution in [0.5, 0.6) is 5.75 Å². The fraction of sp³-hybridized carbons (Fsp3) is 0.500. The first-order valence-electron chi connectivity index (χ1n) is 6.79. The lowest BCUT2D eigenvalue weighted by molar-refractivity contribution is 0.211. The highest BCUT2D eigenvalue weighted by Gasteiger charge is 2.07. The van der Waals surface area contributed by atoms with Crippen molar-refractivity contribution in [1.29, 1.82) is 0 Å². The van der Waals surface area contributed by atoms with Crippen molar-refractivity contribution in [3.05, 3.63) is 35.9 Å². The van der Waals surface area contributed by atoms with Crippen LogP contribution >= 0.6 is 0 Å². The van der Waals surface area contributed by atoms with E-state index in [-0.39, 0.29) is 6.10 Å². The van der Waals surface area contributed by atoms with Gasteiger partial charge in [-0.15, -0.1) is 0 Å². The van der Waals surface area contributed by atoms with E-state index in [0.29, 0.717) is 6.04 Å². The van der Waals surface area contributed by atoms with E-state index in [2.05, 4.69) is 38.2 Å². The van der Waals surface area contributed by atoms with Crippen LogP contribution in [0.4, 0.5) is 0 Å². The van der Waals surface area contributed by atoms with E-state index in [9.17, 15) is 0 Å². The molecule has 0 heterocycles. The molecule has 2 heteroatoms. The van der Waals surface area contributed by atoms with Crippen molar-refractivity contribution in [2.75, 3.05) is 6.54 Å². The molecule has 0 amide bonds. The Bertz CT molecular complexity index is 373. The molecule has 2 atom stereocenters. The molecule has 100 valence electrons. The maximum absolute atomic E-state index is 5.98. The van der Waals surface area contributed by atoms with Crippen LogP contribution in [0.2, 0.25) is 0 Å². The van der Waals surface area contributed by atoms with Crippen LogP contribution in [0.25, 0.3) is 6.08 Å². The Balaban J connectivity index is 2.56. The summed E-state index contributed by atoms with van der Waals surface area (Å²) < 4.78 is 5.98. The Morgan fingerprint density at radius 1 is 1.28 bits per heavy atom. The van der Waals surface area contributed by atoms with Crippen molar-refractivity contribution in [2.24, 2.45) is 0 Å². The highest BCUT2D eigenvalue weighted by atomic mass is 16.5. The van der Waals surface area contributed by atoms with Gasteiger partial charge in [0.25, 0.3) is 0 Å². The van der Waals surface area contributed by atoms with Crippen LogP contribution in [-0.4, -0.2) is 18.7 Å². The van der Waals surface area contributed by atoms with Gasteiger partial charge in [0, 0.05) is 18.2 Å². The van der Waals surface area contributed by atoms with E-state index in [4.69, 9.17) is 4.74 Å². The number of nitrogens with one attached hydrogen (secondary N) is 1. The van der Waals surface area contributed by atoms with Crippen LogP contribution in [0.15, 0.2) is 30.3 Å². The Hall–Kier alpha value is -1.28. The second-order valence-electron chi connectivity index (χ2n) is 4.68. The van der Waals surface area contributed by atoms with E-state index in [1.54, 1.807) is 0 Å². The molecule has 2 unspecified atom stereocenters. The van der Waals surface area contributed by atoms with Gasteiger partial charge in [-0.05, 0) is 33.3 Å². The van der Waals surface area contributed by atoms with Crippen LogP contribution in [0.3, 0.4) is 0 Å². The van der Waals surface area contributed by atoms with E-state index in [0.717, 1.165) is 24.3 Å². The van der Waals surface area contributed by atoms with Gasteiger partial charge in [0.05, 0.1) is 0 Å². The molecule has 1 aromatic carbocycles. The third-order valence-corrected chi connectivity index (χ3v) is 2.96. The maximum atomic E-state index is 5.98. The van der Waals surface area contributed by atoms with Crippen molar-refractivity contribution in [3.8, 4) is 5.75 Å². The second kappa shape index (κ2) is 7.93. The minimum atomic E-state index is 0.172. The molecule has 1 aromatic rings. The molecule has 0 fully saturated rings. The van der Waals surface area contributed by atoms with Gasteiger partial charge < -0.3 is 10.1 Å². The highest BCUT2D eigenvalue weighted by molar-refractivity contribution is 5.56. The van der Waals surface area contributed by atoms with Gasteiger partial charge in [0.1, 0.15) is 11.9 Å². The summed E-state index contributed by atoms with van der Waals surface area (Å²) in [5.74, 6) is 0.953. The molecule has 0 aliphatic rings. The topological polar surface area (TPSA) is 21.3 Å². The van der Waals surface area contributed by atoms with E-state index in [1.807, 2.05) is 31.2 Å². The number of hydrogen-bond donors (Lipinski definition) is 1. The number of allylic oxidation sites excluding steroid dienone is 1. The van der Waals surface area contributed by atoms with Crippen molar-refractivity contribution in [3.63, 3.8) is 0 Å². The molecule has 0 aromatic heterocycles. The summed E-state index contributed by atoms with van der Waals surface area (Å²) in [6.07, 6.45) is 5.42. The van der Waals surface area contributed by atoms with Gasteiger partial charge in [-0.3, -0.25) is 0 Å². The number of ether oxygens (including phenoxy) is 1. The smallest absolute Gasteiger partial charge is 0.126 e. The fourth-order valence-electron chi connectivity index (χ4n) is 1.68. The van der Waals surface area contributed by atoms with Gasteiger partial charge in [-0.2, -0.15) is 0 Å². The first-order valence-corrected chi connectivity index (χ1v) is 6.79. The molecule has 1 N–H and O–H groups in total. The van der Waals surface area contributed by atoms with Crippen molar-refractivity contribution in [1.82, 2.24) is 5.32 Å². The lowest BCUT2D eigenvalue weighted by Gasteiger charge is -2.19. The summed E-state index contributed by atoms with van der Waals surface area (Å²) in [6, 6.07) is 8.68. The molecule has 0 aliphatic heterocycles. The zero-order valence-electron chi connectivity index (χ0n) is 11.9. The summed E-state index contributed by atoms with van der Waals surface area (Å²) in [5, 5.41) is 3.46. The van der Waals surface area contributed by atoms with Crippen molar-refractivity contribution >= 4 is 6.08 Å². The zero-order valence-corrected chi connectivity index (χ0v) is 11.9. The normalized spacial score (nSPS) is 14.7. The molecular formula is C16H25NO. The minimum Gasteiger partial charge on any atom is -0.489 e. The number of hydrogen-bond acceptors (Lipinski definition) is 2. The Labute approximate surface area is 111 Å². The van der Waals surface area contributed by atoms with Gasteiger partial charge in [-0.1, -0.05) is 37.3 Å². The van der Waals surface area contributed by atoms with Gasteiger partial charge >= 0.3 is 0 Å². The third-order valence-electron chi connectivity index (χ3n) is 2.96. The molecule has 0 aliphatic carbocycles. The average molecular weight is 247 g/mol. The van der Waals surface area contributed by atoms with Gasteiger partial charge in [-0.25, -0.2) is 0 Å². The first kappa shape index (κ1) is 14.8. The average Bonchev–Trinajstić information content (AvgIpc) is 2.38. The largest absolute Gasteiger partial charge is 0.489 e. The fourth-order valence-corrected chi connectivity index (χ4v) is 1.68. The summed E-state index contributed by atoms with van der Waals surface area (Å²) in [4.78, 5) is 0. The number of rotatable bonds is 7. The molecule has 0 spiro atoms. The monoisotopic (exact) mass is 247 g/mol. The molecule has 0 bridgehead atoms. The van der Waals surface area contributed by atoms with Gasteiger partial charge in [0.2, 0.25) is 0 Å². The molecule has 0 saturated heterocycles. The lowest BCUT2D eigenvalue weighted by atomic mass is 10.2. The standard InChI is InChI=1S/C16H25NO/c1-5-9-15-10-7-8-11-16(15)18-14(4)12-17-13(3)6-2/h5,7-11,13-14,17H,6,12H2,1-4H3. The predicted octanol–water partition coefficient (Wildman–Crippen LogP) is 3.88. The highest BCUT2D eigenvalue weighted by Crippen LogP contribution is 2.20. The molecule has 0 saturated carbocycles. The predicted molar refractivity (Wildman–Crippen MR) is 79.0 cm³/mol. The number of benzene rings is 1. The van der Waals surface area contributed by atoms with Crippen molar-refractivity contribution < 1.29 is 4.74 Å². The molecule has 1 rings (SSSR count). The van der Waals surface area contributed by atoms with Crippen LogP contribution in [0, 0.1) is 0 Å². The van der Waals surface area contributed by atoms with Crippen molar-refractivity contribution in [2.45, 2.75) is 46.3 Å². The van der Waals surface area contributed by atoms with E-state index < -0.39 is 0 Å². The van der Waals surface area contributed by atoms with Crippen LogP contribution < -0.4 is 10.1 Å². The SMILES string of the molecule is CC=Cc1ccccc1OC(C)CNC(C)CC. The maximum Gasteiger partial charge on any atom is 0.126 e. The quantitative estimate of drug-likeness (QED) is 0.789. The first-order chi connectivity index (χ1) is 8.67. The minimum absolute atomic E-state index is 0.172.